The van der Waals surface area contributed by atoms with E-state index in [-0.39, 0.29) is 18.2 Å². The number of hydrogen-bond donors (Lipinski definition) is 2. The van der Waals surface area contributed by atoms with E-state index in [2.05, 4.69) is 26.6 Å². The summed E-state index contributed by atoms with van der Waals surface area (Å²) < 4.78 is 11.5. The van der Waals surface area contributed by atoms with Crippen molar-refractivity contribution in [2.45, 2.75) is 64.3 Å². The molecule has 0 spiro atoms. The van der Waals surface area contributed by atoms with Crippen LogP contribution in [-0.2, 0) is 11.3 Å². The second-order valence-electron chi connectivity index (χ2n) is 6.38. The standard InChI is InChI=1S/C15H23BrN2O3/c1-15(2,3)21-14(19)18-12-6-4-5-11(12)17-9-10-7-8-13(16)20-10/h7-8,11-12,17H,4-6,9H2,1-3H3,(H,18,19). The van der Waals surface area contributed by atoms with E-state index in [1.165, 1.54) is 0 Å². The van der Waals surface area contributed by atoms with E-state index in [4.69, 9.17) is 9.15 Å². The van der Waals surface area contributed by atoms with E-state index >= 15 is 0 Å². The average Bonchev–Trinajstić information content (AvgIpc) is 2.93. The molecule has 0 saturated heterocycles. The van der Waals surface area contributed by atoms with E-state index in [1.54, 1.807) is 0 Å². The van der Waals surface area contributed by atoms with Gasteiger partial charge in [0.15, 0.2) is 4.67 Å². The zero-order chi connectivity index (χ0) is 15.5. The van der Waals surface area contributed by atoms with Gasteiger partial charge in [-0.25, -0.2) is 4.79 Å². The Labute approximate surface area is 133 Å². The smallest absolute Gasteiger partial charge is 0.407 e. The number of rotatable bonds is 4. The number of amides is 1. The summed E-state index contributed by atoms with van der Waals surface area (Å²) in [5.74, 6) is 0.879. The van der Waals surface area contributed by atoms with Gasteiger partial charge in [0.2, 0.25) is 0 Å². The first-order valence-corrected chi connectivity index (χ1v) is 8.10. The van der Waals surface area contributed by atoms with Gasteiger partial charge in [-0.05, 0) is 68.1 Å². The summed E-state index contributed by atoms with van der Waals surface area (Å²) >= 11 is 3.29. The van der Waals surface area contributed by atoms with Crippen molar-refractivity contribution in [3.8, 4) is 0 Å². The lowest BCUT2D eigenvalue weighted by molar-refractivity contribution is 0.0498. The van der Waals surface area contributed by atoms with Gasteiger partial charge in [-0.1, -0.05) is 0 Å². The van der Waals surface area contributed by atoms with E-state index in [0.29, 0.717) is 6.54 Å². The van der Waals surface area contributed by atoms with Crippen molar-refractivity contribution in [3.05, 3.63) is 22.6 Å². The molecule has 2 rings (SSSR count). The quantitative estimate of drug-likeness (QED) is 0.863. The molecule has 2 unspecified atom stereocenters. The van der Waals surface area contributed by atoms with Crippen molar-refractivity contribution in [2.24, 2.45) is 0 Å². The second-order valence-corrected chi connectivity index (χ2v) is 7.16. The summed E-state index contributed by atoms with van der Waals surface area (Å²) in [5, 5.41) is 6.41. The Morgan fingerprint density at radius 1 is 1.38 bits per heavy atom. The van der Waals surface area contributed by atoms with E-state index in [0.717, 1.165) is 29.7 Å². The largest absolute Gasteiger partial charge is 0.453 e. The van der Waals surface area contributed by atoms with E-state index < -0.39 is 5.60 Å². The Morgan fingerprint density at radius 3 is 2.71 bits per heavy atom. The molecule has 6 heteroatoms. The molecule has 1 aromatic rings. The molecule has 5 nitrogen and oxygen atoms in total. The van der Waals surface area contributed by atoms with Crippen LogP contribution in [0, 0.1) is 0 Å². The molecule has 1 amide bonds. The first-order valence-electron chi connectivity index (χ1n) is 7.30. The Kier molecular flexibility index (Phi) is 5.32. The number of alkyl carbamates (subject to hydrolysis) is 1. The molecule has 1 heterocycles. The van der Waals surface area contributed by atoms with Crippen LogP contribution in [0.1, 0.15) is 45.8 Å². The lowest BCUT2D eigenvalue weighted by Gasteiger charge is -2.25. The van der Waals surface area contributed by atoms with Gasteiger partial charge in [-0.3, -0.25) is 0 Å². The minimum absolute atomic E-state index is 0.109. The highest BCUT2D eigenvalue weighted by molar-refractivity contribution is 9.10. The van der Waals surface area contributed by atoms with Crippen LogP contribution in [0.25, 0.3) is 0 Å². The molecule has 1 aromatic heterocycles. The monoisotopic (exact) mass is 358 g/mol. The number of hydrogen-bond acceptors (Lipinski definition) is 4. The third-order valence-corrected chi connectivity index (χ3v) is 3.81. The van der Waals surface area contributed by atoms with Gasteiger partial charge in [-0.2, -0.15) is 0 Å². The number of nitrogens with one attached hydrogen (secondary N) is 2. The average molecular weight is 359 g/mol. The van der Waals surface area contributed by atoms with Crippen LogP contribution in [0.2, 0.25) is 0 Å². The lowest BCUT2D eigenvalue weighted by atomic mass is 10.1. The number of furan rings is 1. The molecule has 0 bridgehead atoms. The second kappa shape index (κ2) is 6.83. The third-order valence-electron chi connectivity index (χ3n) is 3.39. The summed E-state index contributed by atoms with van der Waals surface area (Å²) in [5.41, 5.74) is -0.466. The summed E-state index contributed by atoms with van der Waals surface area (Å²) in [4.78, 5) is 11.9. The molecular weight excluding hydrogens is 336 g/mol. The molecule has 21 heavy (non-hydrogen) atoms. The molecular formula is C15H23BrN2O3. The van der Waals surface area contributed by atoms with Gasteiger partial charge in [0.25, 0.3) is 0 Å². The van der Waals surface area contributed by atoms with Gasteiger partial charge in [0.1, 0.15) is 11.4 Å². The van der Waals surface area contributed by atoms with Crippen molar-refractivity contribution >= 4 is 22.0 Å². The summed E-state index contributed by atoms with van der Waals surface area (Å²) in [7, 11) is 0. The SMILES string of the molecule is CC(C)(C)OC(=O)NC1CCCC1NCc1ccc(Br)o1. The molecule has 1 aliphatic rings. The highest BCUT2D eigenvalue weighted by atomic mass is 79.9. The topological polar surface area (TPSA) is 63.5 Å². The fraction of sp³-hybridized carbons (Fsp3) is 0.667. The minimum Gasteiger partial charge on any atom is -0.453 e. The normalized spacial score (nSPS) is 22.3. The van der Waals surface area contributed by atoms with Gasteiger partial charge in [-0.15, -0.1) is 0 Å². The molecule has 0 radical (unpaired) electrons. The summed E-state index contributed by atoms with van der Waals surface area (Å²) in [6, 6.07) is 4.17. The molecule has 1 fully saturated rings. The highest BCUT2D eigenvalue weighted by Gasteiger charge is 2.29. The molecule has 2 atom stereocenters. The molecule has 1 saturated carbocycles. The molecule has 2 N–H and O–H groups in total. The molecule has 1 aliphatic carbocycles. The predicted octanol–water partition coefficient (Wildman–Crippen LogP) is 3.58. The first-order chi connectivity index (χ1) is 9.83. The number of ether oxygens (including phenoxy) is 1. The fourth-order valence-corrected chi connectivity index (χ4v) is 2.85. The number of carbonyl (C=O) groups is 1. The van der Waals surface area contributed by atoms with E-state index in [9.17, 15) is 4.79 Å². The summed E-state index contributed by atoms with van der Waals surface area (Å²) in [6.07, 6.45) is 2.77. The van der Waals surface area contributed by atoms with Crippen LogP contribution >= 0.6 is 15.9 Å². The Balaban J connectivity index is 1.81. The predicted molar refractivity (Wildman–Crippen MR) is 84.0 cm³/mol. The maximum Gasteiger partial charge on any atom is 0.407 e. The summed E-state index contributed by atoms with van der Waals surface area (Å²) in [6.45, 7) is 6.26. The minimum atomic E-state index is -0.466. The number of carbonyl (C=O) groups excluding carboxylic acids is 1. The Hall–Kier alpha value is -1.01. The van der Waals surface area contributed by atoms with Crippen molar-refractivity contribution in [3.63, 3.8) is 0 Å². The van der Waals surface area contributed by atoms with Crippen molar-refractivity contribution < 1.29 is 13.9 Å². The lowest BCUT2D eigenvalue weighted by Crippen LogP contribution is -2.47. The van der Waals surface area contributed by atoms with Gasteiger partial charge in [0.05, 0.1) is 6.54 Å². The molecule has 118 valence electrons. The molecule has 0 aromatic carbocycles. The van der Waals surface area contributed by atoms with Crippen LogP contribution in [0.3, 0.4) is 0 Å². The zero-order valence-electron chi connectivity index (χ0n) is 12.7. The van der Waals surface area contributed by atoms with E-state index in [1.807, 2.05) is 32.9 Å². The van der Waals surface area contributed by atoms with Gasteiger partial charge >= 0.3 is 6.09 Å². The van der Waals surface area contributed by atoms with Gasteiger partial charge < -0.3 is 19.8 Å². The van der Waals surface area contributed by atoms with Crippen molar-refractivity contribution in [1.82, 2.24) is 10.6 Å². The Morgan fingerprint density at radius 2 is 2.10 bits per heavy atom. The molecule has 0 aliphatic heterocycles. The van der Waals surface area contributed by atoms with Crippen molar-refractivity contribution in [1.29, 1.82) is 0 Å². The fourth-order valence-electron chi connectivity index (χ4n) is 2.51. The third kappa shape index (κ3) is 5.36. The zero-order valence-corrected chi connectivity index (χ0v) is 14.3. The van der Waals surface area contributed by atoms with Gasteiger partial charge in [0, 0.05) is 12.1 Å². The van der Waals surface area contributed by atoms with Crippen LogP contribution in [-0.4, -0.2) is 23.8 Å². The maximum absolute atomic E-state index is 11.9. The van der Waals surface area contributed by atoms with Crippen molar-refractivity contribution in [2.75, 3.05) is 0 Å². The first kappa shape index (κ1) is 16.4. The van der Waals surface area contributed by atoms with Crippen LogP contribution < -0.4 is 10.6 Å². The van der Waals surface area contributed by atoms with Crippen LogP contribution in [0.4, 0.5) is 4.79 Å². The Bertz CT molecular complexity index is 482. The highest BCUT2D eigenvalue weighted by Crippen LogP contribution is 2.21. The maximum atomic E-state index is 11.9. The van der Waals surface area contributed by atoms with Crippen LogP contribution in [0.5, 0.6) is 0 Å². The number of halogens is 1. The van der Waals surface area contributed by atoms with Crippen LogP contribution in [0.15, 0.2) is 21.2 Å².